The van der Waals surface area contributed by atoms with E-state index in [9.17, 15) is 19.3 Å². The number of ether oxygens (including phenoxy) is 1. The number of carbonyl (C=O) groups is 1. The Hall–Kier alpha value is -1.74. The van der Waals surface area contributed by atoms with Gasteiger partial charge in [0, 0.05) is 18.6 Å². The molecule has 0 aromatic heterocycles. The molecule has 0 aliphatic heterocycles. The number of carboxylic acid groups (broad SMARTS) is 1. The van der Waals surface area contributed by atoms with Gasteiger partial charge in [0.1, 0.15) is 11.4 Å². The number of aliphatic carboxylic acids is 1. The van der Waals surface area contributed by atoms with Crippen LogP contribution in [-0.4, -0.2) is 28.1 Å². The molecule has 1 aromatic carbocycles. The summed E-state index contributed by atoms with van der Waals surface area (Å²) in [6.45, 7) is 1.09. The van der Waals surface area contributed by atoms with Crippen LogP contribution >= 0.6 is 15.9 Å². The van der Waals surface area contributed by atoms with Crippen molar-refractivity contribution in [3.63, 3.8) is 0 Å². The lowest BCUT2D eigenvalue weighted by Crippen LogP contribution is -2.45. The Morgan fingerprint density at radius 3 is 2.75 bits per heavy atom. The van der Waals surface area contributed by atoms with E-state index in [4.69, 9.17) is 15.6 Å². The Labute approximate surface area is 121 Å². The largest absolute Gasteiger partial charge is 0.487 e. The molecular weight excluding hydrogens is 339 g/mol. The lowest BCUT2D eigenvalue weighted by atomic mass is 10.0. The highest BCUT2D eigenvalue weighted by Gasteiger charge is 2.28. The van der Waals surface area contributed by atoms with Gasteiger partial charge in [-0.3, -0.25) is 14.9 Å². The Balaban J connectivity index is 2.85. The van der Waals surface area contributed by atoms with E-state index in [0.717, 1.165) is 12.1 Å². The Morgan fingerprint density at radius 2 is 2.25 bits per heavy atom. The normalized spacial score (nSPS) is 13.6. The number of nitro benzene ring substituents is 1. The third kappa shape index (κ3) is 3.87. The van der Waals surface area contributed by atoms with Gasteiger partial charge in [-0.2, -0.15) is 0 Å². The fraction of sp³-hybridized carbons (Fsp3) is 0.364. The Bertz CT molecular complexity index is 550. The van der Waals surface area contributed by atoms with Crippen molar-refractivity contribution in [3.8, 4) is 5.75 Å². The minimum atomic E-state index is -1.53. The van der Waals surface area contributed by atoms with Crippen LogP contribution in [0.15, 0.2) is 16.6 Å². The van der Waals surface area contributed by atoms with Crippen LogP contribution in [0, 0.1) is 15.9 Å². The molecule has 0 amide bonds. The summed E-state index contributed by atoms with van der Waals surface area (Å²) < 4.78 is 18.4. The first kappa shape index (κ1) is 16.3. The average molecular weight is 351 g/mol. The van der Waals surface area contributed by atoms with Gasteiger partial charge in [-0.15, -0.1) is 0 Å². The van der Waals surface area contributed by atoms with Crippen molar-refractivity contribution in [1.82, 2.24) is 0 Å². The highest BCUT2D eigenvalue weighted by Crippen LogP contribution is 2.32. The zero-order valence-corrected chi connectivity index (χ0v) is 12.0. The minimum Gasteiger partial charge on any atom is -0.487 e. The number of benzene rings is 1. The molecule has 0 heterocycles. The van der Waals surface area contributed by atoms with Gasteiger partial charge in [-0.1, -0.05) is 0 Å². The first-order valence-corrected chi connectivity index (χ1v) is 6.23. The summed E-state index contributed by atoms with van der Waals surface area (Å²) >= 11 is 2.83. The van der Waals surface area contributed by atoms with Crippen LogP contribution in [0.5, 0.6) is 5.75 Å². The van der Waals surface area contributed by atoms with E-state index in [-0.39, 0.29) is 23.2 Å². The van der Waals surface area contributed by atoms with Crippen LogP contribution in [0.3, 0.4) is 0 Å². The third-order valence-electron chi connectivity index (χ3n) is 2.57. The van der Waals surface area contributed by atoms with Crippen molar-refractivity contribution >= 4 is 27.6 Å². The Morgan fingerprint density at radius 1 is 1.65 bits per heavy atom. The number of carboxylic acids is 1. The third-order valence-corrected chi connectivity index (χ3v) is 3.17. The molecule has 0 aliphatic rings. The smallest absolute Gasteiger partial charge is 0.323 e. The standard InChI is InChI=1S/C11H12BrFN2O5/c1-11(14,10(16)17)2-3-20-9-5-7(13)6(12)4-8(9)15(18)19/h4-5H,2-3,14H2,1H3,(H,16,17). The van der Waals surface area contributed by atoms with Crippen molar-refractivity contribution in [3.05, 3.63) is 32.5 Å². The number of nitro groups is 1. The van der Waals surface area contributed by atoms with Crippen molar-refractivity contribution < 1.29 is 24.0 Å². The number of halogens is 2. The van der Waals surface area contributed by atoms with Gasteiger partial charge in [0.2, 0.25) is 0 Å². The molecule has 110 valence electrons. The predicted octanol–water partition coefficient (Wildman–Crippen LogP) is 2.07. The number of hydrogen-bond donors (Lipinski definition) is 2. The molecule has 20 heavy (non-hydrogen) atoms. The summed E-state index contributed by atoms with van der Waals surface area (Å²) in [7, 11) is 0. The molecule has 0 saturated carbocycles. The average Bonchev–Trinajstić information content (AvgIpc) is 2.32. The number of nitrogens with zero attached hydrogens (tertiary/aromatic N) is 1. The van der Waals surface area contributed by atoms with E-state index in [1.165, 1.54) is 6.92 Å². The molecule has 0 radical (unpaired) electrons. The molecule has 0 saturated heterocycles. The SMILES string of the molecule is CC(N)(CCOc1cc(F)c(Br)cc1[N+](=O)[O-])C(=O)O. The molecule has 0 fully saturated rings. The van der Waals surface area contributed by atoms with Crippen LogP contribution < -0.4 is 10.5 Å². The molecule has 9 heteroatoms. The monoisotopic (exact) mass is 350 g/mol. The molecule has 1 unspecified atom stereocenters. The van der Waals surface area contributed by atoms with Gasteiger partial charge in [-0.05, 0) is 22.9 Å². The van der Waals surface area contributed by atoms with Crippen LogP contribution in [0.25, 0.3) is 0 Å². The van der Waals surface area contributed by atoms with Gasteiger partial charge in [-0.25, -0.2) is 4.39 Å². The lowest BCUT2D eigenvalue weighted by molar-refractivity contribution is -0.386. The number of nitrogens with two attached hydrogens (primary N) is 1. The van der Waals surface area contributed by atoms with E-state index in [2.05, 4.69) is 15.9 Å². The molecule has 0 aliphatic carbocycles. The van der Waals surface area contributed by atoms with Gasteiger partial charge in [0.25, 0.3) is 0 Å². The molecule has 0 bridgehead atoms. The molecule has 1 aromatic rings. The second-order valence-electron chi connectivity index (χ2n) is 4.31. The summed E-state index contributed by atoms with van der Waals surface area (Å²) in [6.07, 6.45) is -0.0861. The lowest BCUT2D eigenvalue weighted by Gasteiger charge is -2.18. The zero-order valence-electron chi connectivity index (χ0n) is 10.4. The fourth-order valence-corrected chi connectivity index (χ4v) is 1.59. The predicted molar refractivity (Wildman–Crippen MR) is 71.1 cm³/mol. The summed E-state index contributed by atoms with van der Waals surface area (Å²) in [5.41, 5.74) is 3.53. The van der Waals surface area contributed by atoms with E-state index in [0.29, 0.717) is 0 Å². The fourth-order valence-electron chi connectivity index (χ4n) is 1.26. The van der Waals surface area contributed by atoms with Crippen molar-refractivity contribution in [1.29, 1.82) is 0 Å². The molecule has 1 rings (SSSR count). The van der Waals surface area contributed by atoms with Gasteiger partial charge in [0.05, 0.1) is 16.0 Å². The highest BCUT2D eigenvalue weighted by molar-refractivity contribution is 9.10. The van der Waals surface area contributed by atoms with Gasteiger partial charge >= 0.3 is 11.7 Å². The summed E-state index contributed by atoms with van der Waals surface area (Å²) in [5.74, 6) is -2.23. The van der Waals surface area contributed by atoms with E-state index in [1.54, 1.807) is 0 Å². The van der Waals surface area contributed by atoms with Gasteiger partial charge in [0.15, 0.2) is 5.75 Å². The second kappa shape index (κ2) is 6.14. The maximum atomic E-state index is 13.3. The van der Waals surface area contributed by atoms with Crippen LogP contribution in [0.1, 0.15) is 13.3 Å². The molecular formula is C11H12BrFN2O5. The highest BCUT2D eigenvalue weighted by atomic mass is 79.9. The van der Waals surface area contributed by atoms with Crippen molar-refractivity contribution in [2.45, 2.75) is 18.9 Å². The van der Waals surface area contributed by atoms with Gasteiger partial charge < -0.3 is 15.6 Å². The summed E-state index contributed by atoms with van der Waals surface area (Å²) in [5, 5.41) is 19.6. The topological polar surface area (TPSA) is 116 Å². The van der Waals surface area contributed by atoms with Crippen LogP contribution in [0.2, 0.25) is 0 Å². The zero-order chi connectivity index (χ0) is 15.5. The maximum absolute atomic E-state index is 13.3. The molecule has 0 spiro atoms. The van der Waals surface area contributed by atoms with Crippen molar-refractivity contribution in [2.24, 2.45) is 5.73 Å². The first-order valence-electron chi connectivity index (χ1n) is 5.43. The van der Waals surface area contributed by atoms with E-state index in [1.807, 2.05) is 0 Å². The Kier molecular flexibility index (Phi) is 5.01. The first-order chi connectivity index (χ1) is 9.15. The van der Waals surface area contributed by atoms with E-state index >= 15 is 0 Å². The summed E-state index contributed by atoms with van der Waals surface area (Å²) in [4.78, 5) is 20.9. The minimum absolute atomic E-state index is 0.0641. The maximum Gasteiger partial charge on any atom is 0.323 e. The second-order valence-corrected chi connectivity index (χ2v) is 5.17. The van der Waals surface area contributed by atoms with E-state index < -0.39 is 27.9 Å². The molecule has 7 nitrogen and oxygen atoms in total. The van der Waals surface area contributed by atoms with Crippen LogP contribution in [0.4, 0.5) is 10.1 Å². The quantitative estimate of drug-likeness (QED) is 0.599. The van der Waals surface area contributed by atoms with Crippen molar-refractivity contribution in [2.75, 3.05) is 6.61 Å². The molecule has 1 atom stereocenters. The van der Waals surface area contributed by atoms with Crippen LogP contribution in [-0.2, 0) is 4.79 Å². The summed E-state index contributed by atoms with van der Waals surface area (Å²) in [6, 6.07) is 1.83. The number of rotatable bonds is 6. The molecule has 3 N–H and O–H groups in total. The number of hydrogen-bond acceptors (Lipinski definition) is 5.